The summed E-state index contributed by atoms with van der Waals surface area (Å²) in [5, 5.41) is 2.05. The quantitative estimate of drug-likeness (QED) is 0.353. The van der Waals surface area contributed by atoms with Gasteiger partial charge in [-0.3, -0.25) is 4.18 Å². The molecule has 0 fully saturated rings. The van der Waals surface area contributed by atoms with Crippen LogP contribution in [0.15, 0.2) is 58.8 Å². The van der Waals surface area contributed by atoms with Gasteiger partial charge >= 0.3 is 0 Å². The van der Waals surface area contributed by atoms with E-state index >= 15 is 0 Å². The Balaban J connectivity index is 1.54. The maximum atomic E-state index is 12.0. The first-order valence-corrected chi connectivity index (χ1v) is 10.7. The first-order chi connectivity index (χ1) is 12.0. The average Bonchev–Trinajstić information content (AvgIpc) is 3.26. The highest BCUT2D eigenvalue weighted by Crippen LogP contribution is 2.31. The van der Waals surface area contributed by atoms with Crippen molar-refractivity contribution in [3.8, 4) is 21.6 Å². The van der Waals surface area contributed by atoms with E-state index in [-0.39, 0.29) is 11.5 Å². The Morgan fingerprint density at radius 2 is 1.84 bits per heavy atom. The number of hydrogen-bond donors (Lipinski definition) is 0. The minimum atomic E-state index is -3.71. The summed E-state index contributed by atoms with van der Waals surface area (Å²) in [6.07, 6.45) is 0.358. The fraction of sp³-hybridized carbons (Fsp3) is 0.158. The van der Waals surface area contributed by atoms with Crippen molar-refractivity contribution in [3.05, 3.63) is 64.4 Å². The van der Waals surface area contributed by atoms with E-state index in [1.54, 1.807) is 46.9 Å². The predicted molar refractivity (Wildman–Crippen MR) is 103 cm³/mol. The van der Waals surface area contributed by atoms with Crippen LogP contribution in [0.5, 0.6) is 0 Å². The first kappa shape index (κ1) is 17.9. The van der Waals surface area contributed by atoms with Gasteiger partial charge < -0.3 is 0 Å². The molecule has 0 aliphatic heterocycles. The van der Waals surface area contributed by atoms with Crippen LogP contribution in [0.1, 0.15) is 16.9 Å². The van der Waals surface area contributed by atoms with Crippen LogP contribution < -0.4 is 0 Å². The molecule has 0 unspecified atom stereocenters. The fourth-order valence-electron chi connectivity index (χ4n) is 2.08. The summed E-state index contributed by atoms with van der Waals surface area (Å²) < 4.78 is 29.1. The molecule has 3 aromatic rings. The van der Waals surface area contributed by atoms with Crippen molar-refractivity contribution in [3.63, 3.8) is 0 Å². The van der Waals surface area contributed by atoms with Gasteiger partial charge in [-0.1, -0.05) is 35.6 Å². The molecule has 0 N–H and O–H groups in total. The molecule has 0 saturated heterocycles. The molecule has 128 valence electrons. The van der Waals surface area contributed by atoms with Crippen molar-refractivity contribution in [2.75, 3.05) is 6.61 Å². The van der Waals surface area contributed by atoms with Gasteiger partial charge in [-0.05, 0) is 42.6 Å². The third-order valence-corrected chi connectivity index (χ3v) is 6.75. The summed E-state index contributed by atoms with van der Waals surface area (Å²) in [6.45, 7) is 1.95. The molecule has 6 heteroatoms. The van der Waals surface area contributed by atoms with Gasteiger partial charge in [-0.15, -0.1) is 22.7 Å². The molecule has 0 bridgehead atoms. The standard InChI is InChI=1S/C19H16O3S3/c1-15-7-10-17(11-8-15)25(20,21)22-13-3-2-5-16-9-12-19(24-16)18-6-4-14-23-18/h4,6-12,14H,3,13H2,1H3. The summed E-state index contributed by atoms with van der Waals surface area (Å²) in [6, 6.07) is 14.7. The second kappa shape index (κ2) is 7.98. The molecular formula is C19H16O3S3. The topological polar surface area (TPSA) is 43.4 Å². The number of thiophene rings is 2. The summed E-state index contributed by atoms with van der Waals surface area (Å²) in [5.41, 5.74) is 1.00. The summed E-state index contributed by atoms with van der Waals surface area (Å²) >= 11 is 3.33. The lowest BCUT2D eigenvalue weighted by molar-refractivity contribution is 0.326. The zero-order valence-corrected chi connectivity index (χ0v) is 16.0. The van der Waals surface area contributed by atoms with Crippen LogP contribution in [0.3, 0.4) is 0 Å². The molecular weight excluding hydrogens is 372 g/mol. The third-order valence-electron chi connectivity index (χ3n) is 3.36. The largest absolute Gasteiger partial charge is 0.297 e. The lowest BCUT2D eigenvalue weighted by Gasteiger charge is -2.04. The molecule has 0 amide bonds. The van der Waals surface area contributed by atoms with E-state index in [9.17, 15) is 8.42 Å². The van der Waals surface area contributed by atoms with Gasteiger partial charge in [-0.25, -0.2) is 0 Å². The number of hydrogen-bond acceptors (Lipinski definition) is 5. The van der Waals surface area contributed by atoms with E-state index in [4.69, 9.17) is 4.18 Å². The number of rotatable bonds is 5. The number of benzene rings is 1. The average molecular weight is 389 g/mol. The van der Waals surface area contributed by atoms with E-state index in [1.807, 2.05) is 24.4 Å². The predicted octanol–water partition coefficient (Wildman–Crippen LogP) is 4.93. The first-order valence-electron chi connectivity index (χ1n) is 7.63. The minimum absolute atomic E-state index is 0.0480. The Kier molecular flexibility index (Phi) is 5.71. The van der Waals surface area contributed by atoms with Crippen molar-refractivity contribution >= 4 is 32.8 Å². The molecule has 3 rings (SSSR count). The summed E-state index contributed by atoms with van der Waals surface area (Å²) in [4.78, 5) is 3.55. The molecule has 0 atom stereocenters. The molecule has 25 heavy (non-hydrogen) atoms. The molecule has 1 aromatic carbocycles. The van der Waals surface area contributed by atoms with E-state index in [0.29, 0.717) is 6.42 Å². The molecule has 2 aromatic heterocycles. The highest BCUT2D eigenvalue weighted by molar-refractivity contribution is 7.86. The van der Waals surface area contributed by atoms with Crippen molar-refractivity contribution in [2.24, 2.45) is 0 Å². The Morgan fingerprint density at radius 1 is 1.04 bits per heavy atom. The van der Waals surface area contributed by atoms with Gasteiger partial charge in [0, 0.05) is 16.2 Å². The smallest absolute Gasteiger partial charge is 0.265 e. The molecule has 2 heterocycles. The molecule has 0 radical (unpaired) electrons. The minimum Gasteiger partial charge on any atom is -0.265 e. The third kappa shape index (κ3) is 4.80. The SMILES string of the molecule is Cc1ccc(S(=O)(=O)OCCC#Cc2ccc(-c3cccs3)s2)cc1. The lowest BCUT2D eigenvalue weighted by Crippen LogP contribution is -2.07. The normalized spacial score (nSPS) is 11.1. The van der Waals surface area contributed by atoms with Gasteiger partial charge in [0.1, 0.15) is 0 Å². The molecule has 0 saturated carbocycles. The van der Waals surface area contributed by atoms with Crippen LogP contribution in [-0.2, 0) is 14.3 Å². The Labute approximate surface area is 156 Å². The van der Waals surface area contributed by atoms with Crippen molar-refractivity contribution in [2.45, 2.75) is 18.2 Å². The highest BCUT2D eigenvalue weighted by atomic mass is 32.2. The molecule has 3 nitrogen and oxygen atoms in total. The summed E-state index contributed by atoms with van der Waals surface area (Å²) in [7, 11) is -3.71. The summed E-state index contributed by atoms with van der Waals surface area (Å²) in [5.74, 6) is 6.03. The Hall–Kier alpha value is -1.91. The van der Waals surface area contributed by atoms with Crippen LogP contribution in [0.2, 0.25) is 0 Å². The second-order valence-electron chi connectivity index (χ2n) is 5.28. The van der Waals surface area contributed by atoms with Crippen molar-refractivity contribution in [1.82, 2.24) is 0 Å². The second-order valence-corrected chi connectivity index (χ2v) is 8.93. The highest BCUT2D eigenvalue weighted by Gasteiger charge is 2.13. The van der Waals surface area contributed by atoms with Gasteiger partial charge in [0.15, 0.2) is 0 Å². The van der Waals surface area contributed by atoms with E-state index in [1.165, 1.54) is 9.75 Å². The van der Waals surface area contributed by atoms with Crippen LogP contribution in [-0.4, -0.2) is 15.0 Å². The maximum absolute atomic E-state index is 12.0. The van der Waals surface area contributed by atoms with Crippen molar-refractivity contribution in [1.29, 1.82) is 0 Å². The zero-order chi connectivity index (χ0) is 17.7. The van der Waals surface area contributed by atoms with Crippen LogP contribution in [0.25, 0.3) is 9.75 Å². The molecule has 0 aliphatic rings. The Bertz CT molecular complexity index is 986. The van der Waals surface area contributed by atoms with Crippen LogP contribution >= 0.6 is 22.7 Å². The maximum Gasteiger partial charge on any atom is 0.297 e. The van der Waals surface area contributed by atoms with Crippen LogP contribution in [0.4, 0.5) is 0 Å². The van der Waals surface area contributed by atoms with Crippen molar-refractivity contribution < 1.29 is 12.6 Å². The van der Waals surface area contributed by atoms with Gasteiger partial charge in [0.05, 0.1) is 16.4 Å². The van der Waals surface area contributed by atoms with E-state index in [2.05, 4.69) is 24.0 Å². The van der Waals surface area contributed by atoms with Crippen LogP contribution in [0, 0.1) is 18.8 Å². The van der Waals surface area contributed by atoms with E-state index < -0.39 is 10.1 Å². The van der Waals surface area contributed by atoms with Gasteiger partial charge in [0.25, 0.3) is 10.1 Å². The molecule has 0 spiro atoms. The Morgan fingerprint density at radius 3 is 2.56 bits per heavy atom. The van der Waals surface area contributed by atoms with Gasteiger partial charge in [-0.2, -0.15) is 8.42 Å². The van der Waals surface area contributed by atoms with E-state index in [0.717, 1.165) is 10.4 Å². The number of aryl methyl sites for hydroxylation is 1. The van der Waals surface area contributed by atoms with Gasteiger partial charge in [0.2, 0.25) is 0 Å². The molecule has 0 aliphatic carbocycles. The monoisotopic (exact) mass is 388 g/mol. The zero-order valence-electron chi connectivity index (χ0n) is 13.6. The fourth-order valence-corrected chi connectivity index (χ4v) is 4.70. The lowest BCUT2D eigenvalue weighted by atomic mass is 10.2.